The summed E-state index contributed by atoms with van der Waals surface area (Å²) >= 11 is 3.52. The highest BCUT2D eigenvalue weighted by Crippen LogP contribution is 2.21. The normalized spacial score (nSPS) is 10.4. The van der Waals surface area contributed by atoms with E-state index in [-0.39, 0.29) is 11.6 Å². The number of hydrogen-bond acceptors (Lipinski definition) is 5. The number of carbonyl (C=O) groups excluding carboxylic acids is 1. The smallest absolute Gasteiger partial charge is 0.270 e. The van der Waals surface area contributed by atoms with Crippen molar-refractivity contribution in [2.24, 2.45) is 0 Å². The van der Waals surface area contributed by atoms with Crippen molar-refractivity contribution >= 4 is 45.5 Å². The van der Waals surface area contributed by atoms with E-state index in [1.54, 1.807) is 13.1 Å². The van der Waals surface area contributed by atoms with Gasteiger partial charge in [-0.1, -0.05) is 0 Å². The minimum absolute atomic E-state index is 0.0864. The van der Waals surface area contributed by atoms with Crippen LogP contribution in [0.3, 0.4) is 0 Å². The van der Waals surface area contributed by atoms with Crippen molar-refractivity contribution in [1.82, 2.24) is 9.88 Å². The summed E-state index contributed by atoms with van der Waals surface area (Å²) in [6.07, 6.45) is 0. The van der Waals surface area contributed by atoms with Crippen LogP contribution in [0.2, 0.25) is 0 Å². The molecule has 0 aliphatic rings. The summed E-state index contributed by atoms with van der Waals surface area (Å²) in [7, 11) is 1.66. The van der Waals surface area contributed by atoms with Gasteiger partial charge in [0.05, 0.1) is 27.7 Å². The van der Waals surface area contributed by atoms with E-state index < -0.39 is 4.92 Å². The number of carbonyl (C=O) groups is 1. The summed E-state index contributed by atoms with van der Waals surface area (Å²) in [5, 5.41) is 13.7. The number of aromatic nitrogens is 1. The molecule has 2 aromatic rings. The highest BCUT2D eigenvalue weighted by atomic mass is 127. The van der Waals surface area contributed by atoms with Crippen LogP contribution in [0.15, 0.2) is 23.6 Å². The monoisotopic (exact) mass is 417 g/mol. The van der Waals surface area contributed by atoms with Gasteiger partial charge in [-0.15, -0.1) is 11.3 Å². The van der Waals surface area contributed by atoms with Crippen LogP contribution < -0.4 is 0 Å². The second-order valence-electron chi connectivity index (χ2n) is 4.44. The number of nitro groups is 1. The van der Waals surface area contributed by atoms with Crippen LogP contribution in [-0.4, -0.2) is 27.8 Å². The summed E-state index contributed by atoms with van der Waals surface area (Å²) in [6, 6.07) is 4.28. The average molecular weight is 417 g/mol. The molecular weight excluding hydrogens is 405 g/mol. The molecule has 0 atom stereocenters. The van der Waals surface area contributed by atoms with Gasteiger partial charge in [0.15, 0.2) is 0 Å². The molecule has 8 heteroatoms. The third kappa shape index (κ3) is 3.76. The summed E-state index contributed by atoms with van der Waals surface area (Å²) in [5.74, 6) is -0.256. The van der Waals surface area contributed by atoms with Gasteiger partial charge in [-0.2, -0.15) is 0 Å². The molecule has 0 spiro atoms. The Morgan fingerprint density at radius 1 is 1.52 bits per heavy atom. The second kappa shape index (κ2) is 6.48. The van der Waals surface area contributed by atoms with E-state index in [4.69, 9.17) is 0 Å². The fourth-order valence-electron chi connectivity index (χ4n) is 1.79. The van der Waals surface area contributed by atoms with Crippen LogP contribution in [0, 0.1) is 20.6 Å². The fraction of sp³-hybridized carbons (Fsp3) is 0.231. The molecular formula is C13H12IN3O3S. The molecule has 110 valence electrons. The highest BCUT2D eigenvalue weighted by molar-refractivity contribution is 14.1. The van der Waals surface area contributed by atoms with Crippen molar-refractivity contribution in [1.29, 1.82) is 0 Å². The minimum atomic E-state index is -0.503. The number of hydrogen-bond donors (Lipinski definition) is 0. The van der Waals surface area contributed by atoms with E-state index in [0.717, 1.165) is 10.7 Å². The Morgan fingerprint density at radius 2 is 2.24 bits per heavy atom. The number of thiazole rings is 1. The summed E-state index contributed by atoms with van der Waals surface area (Å²) < 4.78 is 0.685. The topological polar surface area (TPSA) is 76.3 Å². The van der Waals surface area contributed by atoms with Crippen molar-refractivity contribution in [2.75, 3.05) is 7.05 Å². The first kappa shape index (κ1) is 15.8. The molecule has 0 fully saturated rings. The predicted octanol–water partition coefficient (Wildman–Crippen LogP) is 3.24. The molecule has 1 aromatic heterocycles. The molecule has 0 radical (unpaired) electrons. The van der Waals surface area contributed by atoms with E-state index in [0.29, 0.717) is 15.7 Å². The quantitative estimate of drug-likeness (QED) is 0.435. The first-order chi connectivity index (χ1) is 9.88. The first-order valence-corrected chi connectivity index (χ1v) is 7.94. The third-order valence-corrected chi connectivity index (χ3v) is 4.57. The van der Waals surface area contributed by atoms with Gasteiger partial charge in [0.2, 0.25) is 0 Å². The number of nitro benzene ring substituents is 1. The van der Waals surface area contributed by atoms with Gasteiger partial charge in [-0.3, -0.25) is 14.9 Å². The van der Waals surface area contributed by atoms with Crippen molar-refractivity contribution in [3.05, 3.63) is 53.5 Å². The van der Waals surface area contributed by atoms with Gasteiger partial charge in [-0.05, 0) is 35.6 Å². The largest absolute Gasteiger partial charge is 0.336 e. The predicted molar refractivity (Wildman–Crippen MR) is 88.5 cm³/mol. The molecule has 0 bridgehead atoms. The number of aryl methyl sites for hydroxylation is 1. The van der Waals surface area contributed by atoms with Gasteiger partial charge in [0.1, 0.15) is 0 Å². The molecule has 0 saturated carbocycles. The lowest BCUT2D eigenvalue weighted by atomic mass is 10.2. The number of non-ortho nitro benzene ring substituents is 1. The molecule has 1 heterocycles. The van der Waals surface area contributed by atoms with Crippen molar-refractivity contribution in [3.63, 3.8) is 0 Å². The summed E-state index contributed by atoms with van der Waals surface area (Å²) in [5.41, 5.74) is 1.06. The van der Waals surface area contributed by atoms with Crippen LogP contribution in [0.25, 0.3) is 0 Å². The molecule has 0 aliphatic carbocycles. The molecule has 1 amide bonds. The standard InChI is InChI=1S/C13H12IN3O3S/c1-8-15-9(7-21-8)6-16(2)13(18)11-5-10(17(19)20)3-4-12(11)14/h3-5,7H,6H2,1-2H3. The van der Waals surface area contributed by atoms with Crippen LogP contribution in [0.1, 0.15) is 21.1 Å². The number of rotatable bonds is 4. The SMILES string of the molecule is Cc1nc(CN(C)C(=O)c2cc([N+](=O)[O-])ccc2I)cs1. The Hall–Kier alpha value is -1.55. The van der Waals surface area contributed by atoms with Crippen LogP contribution in [0.5, 0.6) is 0 Å². The van der Waals surface area contributed by atoms with E-state index in [1.807, 2.05) is 34.9 Å². The number of amides is 1. The van der Waals surface area contributed by atoms with Gasteiger partial charge < -0.3 is 4.90 Å². The number of nitrogens with zero attached hydrogens (tertiary/aromatic N) is 3. The fourth-order valence-corrected chi connectivity index (χ4v) is 2.96. The maximum Gasteiger partial charge on any atom is 0.270 e. The summed E-state index contributed by atoms with van der Waals surface area (Å²) in [6.45, 7) is 2.28. The Morgan fingerprint density at radius 3 is 2.81 bits per heavy atom. The van der Waals surface area contributed by atoms with Gasteiger partial charge in [-0.25, -0.2) is 4.98 Å². The molecule has 0 aliphatic heterocycles. The maximum atomic E-state index is 12.4. The third-order valence-electron chi connectivity index (χ3n) is 2.80. The zero-order valence-electron chi connectivity index (χ0n) is 11.4. The van der Waals surface area contributed by atoms with E-state index in [2.05, 4.69) is 4.98 Å². The van der Waals surface area contributed by atoms with Gasteiger partial charge >= 0.3 is 0 Å². The molecule has 1 aromatic carbocycles. The Bertz CT molecular complexity index is 702. The van der Waals surface area contributed by atoms with Crippen molar-refractivity contribution in [2.45, 2.75) is 13.5 Å². The molecule has 0 unspecified atom stereocenters. The number of halogens is 1. The Kier molecular flexibility index (Phi) is 4.88. The van der Waals surface area contributed by atoms with E-state index in [1.165, 1.54) is 28.4 Å². The molecule has 6 nitrogen and oxygen atoms in total. The average Bonchev–Trinajstić information content (AvgIpc) is 2.83. The lowest BCUT2D eigenvalue weighted by Gasteiger charge is -2.16. The minimum Gasteiger partial charge on any atom is -0.336 e. The summed E-state index contributed by atoms with van der Waals surface area (Å²) in [4.78, 5) is 28.6. The zero-order chi connectivity index (χ0) is 15.6. The first-order valence-electron chi connectivity index (χ1n) is 5.99. The maximum absolute atomic E-state index is 12.4. The van der Waals surface area contributed by atoms with E-state index >= 15 is 0 Å². The zero-order valence-corrected chi connectivity index (χ0v) is 14.3. The Labute approximate surface area is 139 Å². The lowest BCUT2D eigenvalue weighted by molar-refractivity contribution is -0.384. The van der Waals surface area contributed by atoms with E-state index in [9.17, 15) is 14.9 Å². The molecule has 21 heavy (non-hydrogen) atoms. The van der Waals surface area contributed by atoms with Crippen LogP contribution in [-0.2, 0) is 6.54 Å². The molecule has 2 rings (SSSR count). The van der Waals surface area contributed by atoms with Gasteiger partial charge in [0.25, 0.3) is 11.6 Å². The lowest BCUT2D eigenvalue weighted by Crippen LogP contribution is -2.27. The van der Waals surface area contributed by atoms with Gasteiger partial charge in [0, 0.05) is 28.1 Å². The Balaban J connectivity index is 2.22. The second-order valence-corrected chi connectivity index (χ2v) is 6.66. The van der Waals surface area contributed by atoms with Crippen LogP contribution in [0.4, 0.5) is 5.69 Å². The van der Waals surface area contributed by atoms with Crippen molar-refractivity contribution in [3.8, 4) is 0 Å². The van der Waals surface area contributed by atoms with Crippen molar-refractivity contribution < 1.29 is 9.72 Å². The number of benzene rings is 1. The molecule has 0 saturated heterocycles. The molecule has 0 N–H and O–H groups in total. The van der Waals surface area contributed by atoms with Crippen LogP contribution >= 0.6 is 33.9 Å². The highest BCUT2D eigenvalue weighted by Gasteiger charge is 2.19.